The molecule has 3 aliphatic rings. The molecule has 2 heterocycles. The number of nitrogens with zero attached hydrogens (tertiary/aromatic N) is 2. The van der Waals surface area contributed by atoms with Crippen molar-refractivity contribution in [3.05, 3.63) is 35.9 Å². The van der Waals surface area contributed by atoms with Crippen LogP contribution in [0.5, 0.6) is 0 Å². The summed E-state index contributed by atoms with van der Waals surface area (Å²) in [6.07, 6.45) is 7.15. The third kappa shape index (κ3) is 3.23. The largest absolute Gasteiger partial charge is 0.306 e. The van der Waals surface area contributed by atoms with E-state index in [1.54, 1.807) is 5.56 Å². The number of hydrogen-bond acceptors (Lipinski definition) is 2. The predicted octanol–water partition coefficient (Wildman–Crippen LogP) is 3.60. The Hall–Kier alpha value is -0.860. The molecule has 4 rings (SSSR count). The van der Waals surface area contributed by atoms with E-state index in [1.807, 2.05) is 0 Å². The molecule has 0 radical (unpaired) electrons. The molecule has 2 atom stereocenters. The molecule has 1 saturated carbocycles. The molecule has 2 unspecified atom stereocenters. The van der Waals surface area contributed by atoms with Gasteiger partial charge in [0.2, 0.25) is 0 Å². The lowest BCUT2D eigenvalue weighted by Crippen LogP contribution is -2.54. The molecule has 1 aliphatic carbocycles. The Balaban J connectivity index is 1.14. The van der Waals surface area contributed by atoms with Gasteiger partial charge in [0.1, 0.15) is 0 Å². The standard InChI is InChI=1S/C20H30N2/c1-21-11-9-19(10-12-21)22-14-16(15-22)7-8-18-13-20(18)17-5-3-2-4-6-17/h2-6,16,18-20H,7-15H2,1H3. The second-order valence-corrected chi connectivity index (χ2v) is 7.94. The second kappa shape index (κ2) is 6.33. The van der Waals surface area contributed by atoms with Gasteiger partial charge in [0.05, 0.1) is 0 Å². The first kappa shape index (κ1) is 14.7. The molecular weight excluding hydrogens is 268 g/mol. The topological polar surface area (TPSA) is 6.48 Å². The first-order chi connectivity index (χ1) is 10.8. The molecular formula is C20H30N2. The lowest BCUT2D eigenvalue weighted by Gasteiger charge is -2.47. The van der Waals surface area contributed by atoms with E-state index in [9.17, 15) is 0 Å². The molecule has 2 nitrogen and oxygen atoms in total. The average molecular weight is 298 g/mol. The minimum absolute atomic E-state index is 0.881. The van der Waals surface area contributed by atoms with Gasteiger partial charge in [0.25, 0.3) is 0 Å². The molecule has 0 aromatic heterocycles. The van der Waals surface area contributed by atoms with E-state index in [2.05, 4.69) is 47.2 Å². The summed E-state index contributed by atoms with van der Waals surface area (Å²) in [5, 5.41) is 0. The highest BCUT2D eigenvalue weighted by atomic mass is 15.2. The number of rotatable bonds is 5. The Bertz CT molecular complexity index is 472. The van der Waals surface area contributed by atoms with Crippen molar-refractivity contribution in [1.29, 1.82) is 0 Å². The van der Waals surface area contributed by atoms with Gasteiger partial charge >= 0.3 is 0 Å². The second-order valence-electron chi connectivity index (χ2n) is 7.94. The van der Waals surface area contributed by atoms with Crippen LogP contribution >= 0.6 is 0 Å². The summed E-state index contributed by atoms with van der Waals surface area (Å²) in [6.45, 7) is 5.37. The van der Waals surface area contributed by atoms with E-state index in [4.69, 9.17) is 0 Å². The molecule has 0 spiro atoms. The monoisotopic (exact) mass is 298 g/mol. The lowest BCUT2D eigenvalue weighted by molar-refractivity contribution is 0.0187. The molecule has 0 amide bonds. The first-order valence-corrected chi connectivity index (χ1v) is 9.27. The molecule has 2 heteroatoms. The Labute approximate surface area is 135 Å². The van der Waals surface area contributed by atoms with E-state index in [0.717, 1.165) is 23.8 Å². The van der Waals surface area contributed by atoms with Crippen molar-refractivity contribution in [3.63, 3.8) is 0 Å². The van der Waals surface area contributed by atoms with Crippen molar-refractivity contribution in [3.8, 4) is 0 Å². The Morgan fingerprint density at radius 3 is 2.45 bits per heavy atom. The van der Waals surface area contributed by atoms with Gasteiger partial charge < -0.3 is 4.90 Å². The van der Waals surface area contributed by atoms with Crippen LogP contribution in [-0.2, 0) is 0 Å². The summed E-state index contributed by atoms with van der Waals surface area (Å²) in [6, 6.07) is 12.0. The van der Waals surface area contributed by atoms with Gasteiger partial charge in [-0.05, 0) is 75.6 Å². The van der Waals surface area contributed by atoms with Crippen LogP contribution in [0.2, 0.25) is 0 Å². The minimum Gasteiger partial charge on any atom is -0.306 e. The Morgan fingerprint density at radius 2 is 1.73 bits per heavy atom. The minimum atomic E-state index is 0.881. The van der Waals surface area contributed by atoms with E-state index >= 15 is 0 Å². The van der Waals surface area contributed by atoms with Gasteiger partial charge in [-0.25, -0.2) is 0 Å². The van der Waals surface area contributed by atoms with Crippen molar-refractivity contribution in [2.75, 3.05) is 33.2 Å². The van der Waals surface area contributed by atoms with Gasteiger partial charge in [0, 0.05) is 19.1 Å². The summed E-state index contributed by atoms with van der Waals surface area (Å²) in [7, 11) is 2.26. The van der Waals surface area contributed by atoms with Gasteiger partial charge in [-0.3, -0.25) is 4.90 Å². The van der Waals surface area contributed by atoms with Gasteiger partial charge in [-0.2, -0.15) is 0 Å². The van der Waals surface area contributed by atoms with E-state index in [-0.39, 0.29) is 0 Å². The zero-order valence-corrected chi connectivity index (χ0v) is 14.0. The summed E-state index contributed by atoms with van der Waals surface area (Å²) >= 11 is 0. The molecule has 120 valence electrons. The average Bonchev–Trinajstić information content (AvgIpc) is 3.28. The summed E-state index contributed by atoms with van der Waals surface area (Å²) in [4.78, 5) is 5.24. The van der Waals surface area contributed by atoms with Crippen molar-refractivity contribution in [2.45, 2.75) is 44.1 Å². The van der Waals surface area contributed by atoms with E-state index < -0.39 is 0 Å². The molecule has 1 aromatic carbocycles. The van der Waals surface area contributed by atoms with E-state index in [0.29, 0.717) is 0 Å². The molecule has 0 bridgehead atoms. The number of piperidine rings is 1. The maximum Gasteiger partial charge on any atom is 0.0120 e. The highest BCUT2D eigenvalue weighted by molar-refractivity contribution is 5.25. The van der Waals surface area contributed by atoms with Gasteiger partial charge in [-0.1, -0.05) is 30.3 Å². The van der Waals surface area contributed by atoms with Crippen molar-refractivity contribution in [2.24, 2.45) is 11.8 Å². The number of likely N-dealkylation sites (tertiary alicyclic amines) is 2. The van der Waals surface area contributed by atoms with Crippen LogP contribution in [0.4, 0.5) is 0 Å². The zero-order chi connectivity index (χ0) is 14.9. The maximum absolute atomic E-state index is 2.76. The predicted molar refractivity (Wildman–Crippen MR) is 92.1 cm³/mol. The van der Waals surface area contributed by atoms with Crippen LogP contribution in [0, 0.1) is 11.8 Å². The summed E-state index contributed by atoms with van der Waals surface area (Å²) in [5.41, 5.74) is 1.58. The molecule has 1 aromatic rings. The van der Waals surface area contributed by atoms with Crippen molar-refractivity contribution < 1.29 is 0 Å². The first-order valence-electron chi connectivity index (χ1n) is 9.27. The smallest absolute Gasteiger partial charge is 0.0120 e. The molecule has 2 saturated heterocycles. The van der Waals surface area contributed by atoms with Crippen LogP contribution in [0.3, 0.4) is 0 Å². The fraction of sp³-hybridized carbons (Fsp3) is 0.700. The number of benzene rings is 1. The molecule has 2 aliphatic heterocycles. The summed E-state index contributed by atoms with van der Waals surface area (Å²) < 4.78 is 0. The van der Waals surface area contributed by atoms with Crippen LogP contribution in [0.1, 0.15) is 43.6 Å². The quantitative estimate of drug-likeness (QED) is 0.819. The van der Waals surface area contributed by atoms with Crippen LogP contribution < -0.4 is 0 Å². The van der Waals surface area contributed by atoms with Crippen LogP contribution in [-0.4, -0.2) is 49.1 Å². The van der Waals surface area contributed by atoms with Crippen LogP contribution in [0.15, 0.2) is 30.3 Å². The fourth-order valence-electron chi connectivity index (χ4n) is 4.58. The zero-order valence-electron chi connectivity index (χ0n) is 14.0. The molecule has 22 heavy (non-hydrogen) atoms. The lowest BCUT2D eigenvalue weighted by atomic mass is 9.89. The normalized spacial score (nSPS) is 31.1. The highest BCUT2D eigenvalue weighted by Gasteiger charge is 2.39. The highest BCUT2D eigenvalue weighted by Crippen LogP contribution is 2.50. The Morgan fingerprint density at radius 1 is 1.00 bits per heavy atom. The van der Waals surface area contributed by atoms with Crippen LogP contribution in [0.25, 0.3) is 0 Å². The molecule has 3 fully saturated rings. The maximum atomic E-state index is 2.76. The summed E-state index contributed by atoms with van der Waals surface area (Å²) in [5.74, 6) is 2.86. The van der Waals surface area contributed by atoms with Crippen molar-refractivity contribution in [1.82, 2.24) is 9.80 Å². The van der Waals surface area contributed by atoms with Crippen molar-refractivity contribution >= 4 is 0 Å². The molecule has 0 N–H and O–H groups in total. The third-order valence-corrected chi connectivity index (χ3v) is 6.29. The SMILES string of the molecule is CN1CCC(N2CC(CCC3CC3c3ccccc3)C2)CC1. The van der Waals surface area contributed by atoms with E-state index in [1.165, 1.54) is 58.3 Å². The van der Waals surface area contributed by atoms with Gasteiger partial charge in [-0.15, -0.1) is 0 Å². The Kier molecular flexibility index (Phi) is 4.23. The van der Waals surface area contributed by atoms with Gasteiger partial charge in [0.15, 0.2) is 0 Å². The fourth-order valence-corrected chi connectivity index (χ4v) is 4.58. The number of hydrogen-bond donors (Lipinski definition) is 0. The third-order valence-electron chi connectivity index (χ3n) is 6.29.